The maximum Gasteiger partial charge on any atom is 0.0953 e. The molecular formula is C17H20N4. The molecule has 0 saturated carbocycles. The van der Waals surface area contributed by atoms with Crippen molar-refractivity contribution in [2.24, 2.45) is 0 Å². The maximum atomic E-state index is 4.69. The van der Waals surface area contributed by atoms with Crippen molar-refractivity contribution in [3.05, 3.63) is 60.3 Å². The van der Waals surface area contributed by atoms with Gasteiger partial charge in [0.2, 0.25) is 0 Å². The summed E-state index contributed by atoms with van der Waals surface area (Å²) in [5.41, 5.74) is 3.15. The van der Waals surface area contributed by atoms with Gasteiger partial charge in [-0.25, -0.2) is 4.98 Å². The number of nitrogens with zero attached hydrogens (tertiary/aromatic N) is 3. The predicted molar refractivity (Wildman–Crippen MR) is 85.0 cm³/mol. The third-order valence-corrected chi connectivity index (χ3v) is 3.38. The van der Waals surface area contributed by atoms with Crippen molar-refractivity contribution in [3.63, 3.8) is 0 Å². The molecule has 0 aliphatic heterocycles. The van der Waals surface area contributed by atoms with E-state index in [2.05, 4.69) is 58.1 Å². The van der Waals surface area contributed by atoms with Crippen LogP contribution in [0.1, 0.15) is 25.2 Å². The van der Waals surface area contributed by atoms with E-state index in [0.717, 1.165) is 30.0 Å². The molecule has 4 nitrogen and oxygen atoms in total. The van der Waals surface area contributed by atoms with Crippen LogP contribution in [-0.2, 0) is 13.1 Å². The molecule has 0 bridgehead atoms. The van der Waals surface area contributed by atoms with Gasteiger partial charge in [0.25, 0.3) is 0 Å². The molecule has 0 unspecified atom stereocenters. The molecule has 0 amide bonds. The SMILES string of the molecule is CC(C)NCc1cn(Cc2ccc3ccccc3n2)cn1. The van der Waals surface area contributed by atoms with Gasteiger partial charge in [-0.2, -0.15) is 0 Å². The smallest absolute Gasteiger partial charge is 0.0953 e. The first-order valence-electron chi connectivity index (χ1n) is 7.29. The number of imidazole rings is 1. The van der Waals surface area contributed by atoms with Crippen LogP contribution in [0.2, 0.25) is 0 Å². The van der Waals surface area contributed by atoms with Gasteiger partial charge in [0, 0.05) is 24.2 Å². The van der Waals surface area contributed by atoms with E-state index in [1.165, 1.54) is 5.39 Å². The maximum absolute atomic E-state index is 4.69. The minimum absolute atomic E-state index is 0.470. The van der Waals surface area contributed by atoms with Crippen molar-refractivity contribution >= 4 is 10.9 Å². The Labute approximate surface area is 124 Å². The van der Waals surface area contributed by atoms with Crippen molar-refractivity contribution in [1.29, 1.82) is 0 Å². The topological polar surface area (TPSA) is 42.7 Å². The van der Waals surface area contributed by atoms with E-state index in [0.29, 0.717) is 6.04 Å². The Hall–Kier alpha value is -2.20. The Balaban J connectivity index is 1.72. The Morgan fingerprint density at radius 3 is 2.81 bits per heavy atom. The molecule has 4 heteroatoms. The number of fused-ring (bicyclic) bond motifs is 1. The van der Waals surface area contributed by atoms with E-state index in [4.69, 9.17) is 0 Å². The zero-order valence-corrected chi connectivity index (χ0v) is 12.5. The van der Waals surface area contributed by atoms with Crippen LogP contribution in [0.5, 0.6) is 0 Å². The molecule has 0 atom stereocenters. The van der Waals surface area contributed by atoms with Gasteiger partial charge in [-0.05, 0) is 12.1 Å². The molecule has 0 fully saturated rings. The number of benzene rings is 1. The molecule has 0 aliphatic rings. The van der Waals surface area contributed by atoms with E-state index >= 15 is 0 Å². The monoisotopic (exact) mass is 280 g/mol. The fraction of sp³-hybridized carbons (Fsp3) is 0.294. The lowest BCUT2D eigenvalue weighted by Crippen LogP contribution is -2.21. The van der Waals surface area contributed by atoms with Gasteiger partial charge in [-0.3, -0.25) is 4.98 Å². The number of rotatable bonds is 5. The Morgan fingerprint density at radius 2 is 1.95 bits per heavy atom. The summed E-state index contributed by atoms with van der Waals surface area (Å²) in [6, 6.07) is 12.9. The van der Waals surface area contributed by atoms with Gasteiger partial charge in [0.15, 0.2) is 0 Å². The minimum atomic E-state index is 0.470. The summed E-state index contributed by atoms with van der Waals surface area (Å²) in [6.07, 6.45) is 3.94. The molecule has 0 aliphatic carbocycles. The lowest BCUT2D eigenvalue weighted by molar-refractivity contribution is 0.582. The van der Waals surface area contributed by atoms with Crippen LogP contribution in [0.15, 0.2) is 48.9 Å². The Bertz CT molecular complexity index is 730. The summed E-state index contributed by atoms with van der Waals surface area (Å²) in [7, 11) is 0. The molecule has 108 valence electrons. The van der Waals surface area contributed by atoms with Crippen molar-refractivity contribution in [2.45, 2.75) is 33.0 Å². The highest BCUT2D eigenvalue weighted by molar-refractivity contribution is 5.78. The van der Waals surface area contributed by atoms with Crippen LogP contribution in [-0.4, -0.2) is 20.6 Å². The highest BCUT2D eigenvalue weighted by Crippen LogP contribution is 2.12. The lowest BCUT2D eigenvalue weighted by atomic mass is 10.2. The molecule has 2 heterocycles. The van der Waals surface area contributed by atoms with Crippen LogP contribution in [0.25, 0.3) is 10.9 Å². The first-order valence-corrected chi connectivity index (χ1v) is 7.29. The first-order chi connectivity index (χ1) is 10.2. The van der Waals surface area contributed by atoms with Gasteiger partial charge in [-0.15, -0.1) is 0 Å². The number of aromatic nitrogens is 3. The summed E-state index contributed by atoms with van der Waals surface area (Å²) >= 11 is 0. The molecule has 21 heavy (non-hydrogen) atoms. The normalized spacial score (nSPS) is 11.4. The number of pyridine rings is 1. The summed E-state index contributed by atoms with van der Waals surface area (Å²) in [6.45, 7) is 5.82. The summed E-state index contributed by atoms with van der Waals surface area (Å²) in [4.78, 5) is 9.11. The van der Waals surface area contributed by atoms with Gasteiger partial charge in [-0.1, -0.05) is 38.1 Å². The van der Waals surface area contributed by atoms with Crippen LogP contribution in [0.3, 0.4) is 0 Å². The van der Waals surface area contributed by atoms with Gasteiger partial charge < -0.3 is 9.88 Å². The molecule has 3 rings (SSSR count). The first kappa shape index (κ1) is 13.8. The van der Waals surface area contributed by atoms with Crippen LogP contribution >= 0.6 is 0 Å². The van der Waals surface area contributed by atoms with Crippen molar-refractivity contribution in [1.82, 2.24) is 19.9 Å². The summed E-state index contributed by atoms with van der Waals surface area (Å²) in [5, 5.41) is 4.55. The fourth-order valence-corrected chi connectivity index (χ4v) is 2.28. The second kappa shape index (κ2) is 6.06. The average molecular weight is 280 g/mol. The zero-order valence-electron chi connectivity index (χ0n) is 12.5. The summed E-state index contributed by atoms with van der Waals surface area (Å²) < 4.78 is 2.08. The van der Waals surface area contributed by atoms with Crippen molar-refractivity contribution in [2.75, 3.05) is 0 Å². The van der Waals surface area contributed by atoms with E-state index < -0.39 is 0 Å². The quantitative estimate of drug-likeness (QED) is 0.781. The Kier molecular flexibility index (Phi) is 3.97. The number of hydrogen-bond donors (Lipinski definition) is 1. The van der Waals surface area contributed by atoms with Crippen molar-refractivity contribution < 1.29 is 0 Å². The molecule has 2 aromatic heterocycles. The highest BCUT2D eigenvalue weighted by Gasteiger charge is 2.02. The molecule has 3 aromatic rings. The standard InChI is InChI=1S/C17H20N4/c1-13(2)18-9-16-11-21(12-19-16)10-15-8-7-14-5-3-4-6-17(14)20-15/h3-8,11-13,18H,9-10H2,1-2H3. The molecule has 0 radical (unpaired) electrons. The second-order valence-electron chi connectivity index (χ2n) is 5.57. The van der Waals surface area contributed by atoms with Gasteiger partial charge in [0.05, 0.1) is 29.8 Å². The Morgan fingerprint density at radius 1 is 1.10 bits per heavy atom. The van der Waals surface area contributed by atoms with E-state index in [-0.39, 0.29) is 0 Å². The van der Waals surface area contributed by atoms with Crippen LogP contribution < -0.4 is 5.32 Å². The third-order valence-electron chi connectivity index (χ3n) is 3.38. The van der Waals surface area contributed by atoms with E-state index in [1.54, 1.807) is 0 Å². The van der Waals surface area contributed by atoms with Crippen LogP contribution in [0, 0.1) is 0 Å². The number of para-hydroxylation sites is 1. The second-order valence-corrected chi connectivity index (χ2v) is 5.57. The van der Waals surface area contributed by atoms with Crippen LogP contribution in [0.4, 0.5) is 0 Å². The third kappa shape index (κ3) is 3.47. The molecule has 1 aromatic carbocycles. The molecule has 1 N–H and O–H groups in total. The lowest BCUT2D eigenvalue weighted by Gasteiger charge is -2.05. The van der Waals surface area contributed by atoms with Gasteiger partial charge >= 0.3 is 0 Å². The minimum Gasteiger partial charge on any atom is -0.331 e. The summed E-state index contributed by atoms with van der Waals surface area (Å²) in [5.74, 6) is 0. The molecular weight excluding hydrogens is 260 g/mol. The zero-order chi connectivity index (χ0) is 14.7. The number of hydrogen-bond acceptors (Lipinski definition) is 3. The average Bonchev–Trinajstić information content (AvgIpc) is 2.92. The molecule has 0 saturated heterocycles. The molecule has 0 spiro atoms. The van der Waals surface area contributed by atoms with Gasteiger partial charge in [0.1, 0.15) is 0 Å². The fourth-order valence-electron chi connectivity index (χ4n) is 2.28. The highest BCUT2D eigenvalue weighted by atomic mass is 15.1. The predicted octanol–water partition coefficient (Wildman–Crippen LogP) is 2.98. The van der Waals surface area contributed by atoms with E-state index in [9.17, 15) is 0 Å². The van der Waals surface area contributed by atoms with Crippen molar-refractivity contribution in [3.8, 4) is 0 Å². The largest absolute Gasteiger partial charge is 0.331 e. The van der Waals surface area contributed by atoms with E-state index in [1.807, 2.05) is 24.5 Å². The number of nitrogens with one attached hydrogen (secondary N) is 1.